The molecule has 2 rings (SSSR count). The largest absolute Gasteiger partial charge is 0.377 e. The van der Waals surface area contributed by atoms with Gasteiger partial charge in [0, 0.05) is 49.9 Å². The molecule has 1 unspecified atom stereocenters. The monoisotopic (exact) mass is 263 g/mol. The molecule has 1 N–H and O–H groups in total. The Morgan fingerprint density at radius 1 is 1.47 bits per heavy atom. The van der Waals surface area contributed by atoms with Crippen molar-refractivity contribution >= 4 is 5.69 Å². The Labute approximate surface area is 116 Å². The number of hydrogen-bond acceptors (Lipinski definition) is 4. The van der Waals surface area contributed by atoms with Crippen LogP contribution in [0.25, 0.3) is 0 Å². The first-order chi connectivity index (χ1) is 9.35. The third-order valence-corrected chi connectivity index (χ3v) is 3.56. The lowest BCUT2D eigenvalue weighted by atomic mass is 10.1. The van der Waals surface area contributed by atoms with Gasteiger partial charge in [0.05, 0.1) is 6.10 Å². The van der Waals surface area contributed by atoms with Gasteiger partial charge in [-0.2, -0.15) is 0 Å². The van der Waals surface area contributed by atoms with Crippen molar-refractivity contribution < 1.29 is 4.74 Å². The maximum Gasteiger partial charge on any atom is 0.0750 e. The van der Waals surface area contributed by atoms with Gasteiger partial charge in [-0.15, -0.1) is 0 Å². The Morgan fingerprint density at radius 3 is 3.16 bits per heavy atom. The molecule has 4 nitrogen and oxygen atoms in total. The summed E-state index contributed by atoms with van der Waals surface area (Å²) in [7, 11) is 0. The standard InChI is InChI=1S/C15H25N3O/c1-3-16-10-13-11-17-8-7-15(13)18-9-5-6-14(12-18)19-4-2/h7-8,11,14,16H,3-6,9-10,12H2,1-2H3. The molecular formula is C15H25N3O. The van der Waals surface area contributed by atoms with Crippen LogP contribution in [0.15, 0.2) is 18.5 Å². The number of hydrogen-bond donors (Lipinski definition) is 1. The van der Waals surface area contributed by atoms with E-state index in [0.717, 1.165) is 32.8 Å². The fraction of sp³-hybridized carbons (Fsp3) is 0.667. The molecule has 1 aromatic rings. The van der Waals surface area contributed by atoms with Gasteiger partial charge in [-0.1, -0.05) is 6.92 Å². The molecule has 0 radical (unpaired) electrons. The average molecular weight is 263 g/mol. The number of nitrogens with one attached hydrogen (secondary N) is 1. The molecular weight excluding hydrogens is 238 g/mol. The Hall–Kier alpha value is -1.13. The van der Waals surface area contributed by atoms with Gasteiger partial charge in [0.1, 0.15) is 0 Å². The predicted octanol–water partition coefficient (Wildman–Crippen LogP) is 2.20. The minimum atomic E-state index is 0.374. The van der Waals surface area contributed by atoms with Crippen molar-refractivity contribution in [3.05, 3.63) is 24.0 Å². The van der Waals surface area contributed by atoms with Crippen LogP contribution in [-0.4, -0.2) is 37.3 Å². The van der Waals surface area contributed by atoms with Crippen molar-refractivity contribution in [3.63, 3.8) is 0 Å². The van der Waals surface area contributed by atoms with E-state index < -0.39 is 0 Å². The highest BCUT2D eigenvalue weighted by Crippen LogP contribution is 2.24. The molecule has 4 heteroatoms. The van der Waals surface area contributed by atoms with E-state index in [-0.39, 0.29) is 0 Å². The smallest absolute Gasteiger partial charge is 0.0750 e. The normalized spacial score (nSPS) is 19.7. The van der Waals surface area contributed by atoms with Crippen LogP contribution in [0, 0.1) is 0 Å². The number of piperidine rings is 1. The molecule has 0 spiro atoms. The minimum absolute atomic E-state index is 0.374. The van der Waals surface area contributed by atoms with Gasteiger partial charge >= 0.3 is 0 Å². The quantitative estimate of drug-likeness (QED) is 0.854. The third kappa shape index (κ3) is 3.91. The SMILES string of the molecule is CCNCc1cnccc1N1CCCC(OCC)C1. The van der Waals surface area contributed by atoms with Crippen LogP contribution in [0.4, 0.5) is 5.69 Å². The maximum atomic E-state index is 5.78. The summed E-state index contributed by atoms with van der Waals surface area (Å²) in [6, 6.07) is 2.13. The van der Waals surface area contributed by atoms with Crippen LogP contribution in [0.3, 0.4) is 0 Å². The molecule has 19 heavy (non-hydrogen) atoms. The van der Waals surface area contributed by atoms with Crippen molar-refractivity contribution in [2.45, 2.75) is 39.3 Å². The van der Waals surface area contributed by atoms with E-state index in [2.05, 4.69) is 35.1 Å². The molecule has 0 saturated carbocycles. The third-order valence-electron chi connectivity index (χ3n) is 3.56. The summed E-state index contributed by atoms with van der Waals surface area (Å²) in [5, 5.41) is 3.38. The second kappa shape index (κ2) is 7.46. The molecule has 1 aromatic heterocycles. The minimum Gasteiger partial charge on any atom is -0.377 e. The molecule has 0 bridgehead atoms. The first-order valence-corrected chi connectivity index (χ1v) is 7.35. The van der Waals surface area contributed by atoms with Gasteiger partial charge in [-0.3, -0.25) is 4.98 Å². The van der Waals surface area contributed by atoms with Gasteiger partial charge in [0.25, 0.3) is 0 Å². The van der Waals surface area contributed by atoms with E-state index in [1.54, 1.807) is 0 Å². The number of rotatable bonds is 6. The Bertz CT molecular complexity index is 381. The van der Waals surface area contributed by atoms with Gasteiger partial charge in [0.15, 0.2) is 0 Å². The van der Waals surface area contributed by atoms with Crippen LogP contribution in [0.2, 0.25) is 0 Å². The molecule has 2 heterocycles. The highest BCUT2D eigenvalue weighted by Gasteiger charge is 2.21. The van der Waals surface area contributed by atoms with Crippen LogP contribution in [-0.2, 0) is 11.3 Å². The molecule has 0 aliphatic carbocycles. The number of aromatic nitrogens is 1. The van der Waals surface area contributed by atoms with Crippen molar-refractivity contribution in [2.24, 2.45) is 0 Å². The van der Waals surface area contributed by atoms with Crippen molar-refractivity contribution in [3.8, 4) is 0 Å². The maximum absolute atomic E-state index is 5.78. The lowest BCUT2D eigenvalue weighted by molar-refractivity contribution is 0.0526. The molecule has 1 atom stereocenters. The fourth-order valence-corrected chi connectivity index (χ4v) is 2.65. The second-order valence-corrected chi connectivity index (χ2v) is 4.95. The van der Waals surface area contributed by atoms with Gasteiger partial charge in [-0.05, 0) is 32.4 Å². The summed E-state index contributed by atoms with van der Waals surface area (Å²) >= 11 is 0. The lowest BCUT2D eigenvalue weighted by Gasteiger charge is -2.35. The summed E-state index contributed by atoms with van der Waals surface area (Å²) in [4.78, 5) is 6.69. The van der Waals surface area contributed by atoms with E-state index in [4.69, 9.17) is 4.74 Å². The van der Waals surface area contributed by atoms with E-state index in [0.29, 0.717) is 6.10 Å². The zero-order valence-electron chi connectivity index (χ0n) is 12.1. The molecule has 1 aliphatic heterocycles. The Balaban J connectivity index is 2.07. The Kier molecular flexibility index (Phi) is 5.61. The first kappa shape index (κ1) is 14.3. The molecule has 1 saturated heterocycles. The topological polar surface area (TPSA) is 37.4 Å². The van der Waals surface area contributed by atoms with E-state index >= 15 is 0 Å². The van der Waals surface area contributed by atoms with Gasteiger partial charge < -0.3 is 15.0 Å². The van der Waals surface area contributed by atoms with E-state index in [1.165, 1.54) is 24.1 Å². The van der Waals surface area contributed by atoms with Crippen molar-refractivity contribution in [1.82, 2.24) is 10.3 Å². The number of anilines is 1. The second-order valence-electron chi connectivity index (χ2n) is 4.95. The molecule has 106 valence electrons. The summed E-state index contributed by atoms with van der Waals surface area (Å²) in [6.07, 6.45) is 6.61. The molecule has 0 aromatic carbocycles. The lowest BCUT2D eigenvalue weighted by Crippen LogP contribution is -2.40. The van der Waals surface area contributed by atoms with Crippen LogP contribution < -0.4 is 10.2 Å². The van der Waals surface area contributed by atoms with Gasteiger partial charge in [-0.25, -0.2) is 0 Å². The number of pyridine rings is 1. The van der Waals surface area contributed by atoms with E-state index in [9.17, 15) is 0 Å². The highest BCUT2D eigenvalue weighted by molar-refractivity contribution is 5.52. The molecule has 1 aliphatic rings. The number of nitrogens with zero attached hydrogens (tertiary/aromatic N) is 2. The summed E-state index contributed by atoms with van der Waals surface area (Å²) in [5.74, 6) is 0. The van der Waals surface area contributed by atoms with Crippen molar-refractivity contribution in [1.29, 1.82) is 0 Å². The van der Waals surface area contributed by atoms with Crippen molar-refractivity contribution in [2.75, 3.05) is 31.1 Å². The average Bonchev–Trinajstić information content (AvgIpc) is 2.46. The zero-order valence-corrected chi connectivity index (χ0v) is 12.1. The summed E-state index contributed by atoms with van der Waals surface area (Å²) < 4.78 is 5.78. The molecule has 0 amide bonds. The number of ether oxygens (including phenoxy) is 1. The van der Waals surface area contributed by atoms with Crippen LogP contribution >= 0.6 is 0 Å². The van der Waals surface area contributed by atoms with Crippen LogP contribution in [0.1, 0.15) is 32.3 Å². The Morgan fingerprint density at radius 2 is 2.37 bits per heavy atom. The van der Waals surface area contributed by atoms with Gasteiger partial charge in [0.2, 0.25) is 0 Å². The summed E-state index contributed by atoms with van der Waals surface area (Å²) in [6.45, 7) is 8.98. The highest BCUT2D eigenvalue weighted by atomic mass is 16.5. The van der Waals surface area contributed by atoms with E-state index in [1.807, 2.05) is 12.4 Å². The zero-order chi connectivity index (χ0) is 13.5. The summed E-state index contributed by atoms with van der Waals surface area (Å²) in [5.41, 5.74) is 2.59. The first-order valence-electron chi connectivity index (χ1n) is 7.35. The fourth-order valence-electron chi connectivity index (χ4n) is 2.65. The van der Waals surface area contributed by atoms with Crippen LogP contribution in [0.5, 0.6) is 0 Å². The molecule has 1 fully saturated rings. The predicted molar refractivity (Wildman–Crippen MR) is 78.5 cm³/mol.